The third kappa shape index (κ3) is 37.0. The summed E-state index contributed by atoms with van der Waals surface area (Å²) in [6.07, 6.45) is 44.8. The average Bonchev–Trinajstić information content (AvgIpc) is 3.13. The average molecular weight is 791 g/mol. The predicted octanol–water partition coefficient (Wildman–Crippen LogP) is 9.75. The second-order valence-electron chi connectivity index (χ2n) is 15.1. The third-order valence-electron chi connectivity index (χ3n) is 8.69. The van der Waals surface area contributed by atoms with E-state index >= 15 is 0 Å². The minimum Gasteiger partial charge on any atom is -0.756 e. The Hall–Kier alpha value is -2.36. The van der Waals surface area contributed by atoms with Gasteiger partial charge in [0, 0.05) is 6.42 Å². The van der Waals surface area contributed by atoms with E-state index in [4.69, 9.17) is 9.05 Å². The summed E-state index contributed by atoms with van der Waals surface area (Å²) < 4.78 is 23.0. The Bertz CT molecular complexity index is 1190. The Labute approximate surface area is 336 Å². The maximum absolute atomic E-state index is 12.9. The number of nitrogens with zero attached hydrogens (tertiary/aromatic N) is 1. The second-order valence-corrected chi connectivity index (χ2v) is 16.5. The molecule has 0 radical (unpaired) electrons. The van der Waals surface area contributed by atoms with E-state index in [2.05, 4.69) is 104 Å². The molecule has 10 heteroatoms. The van der Waals surface area contributed by atoms with Crippen LogP contribution in [0.5, 0.6) is 0 Å². The van der Waals surface area contributed by atoms with Gasteiger partial charge in [-0.25, -0.2) is 0 Å². The Morgan fingerprint density at radius 2 is 1.16 bits per heavy atom. The topological polar surface area (TPSA) is 128 Å². The molecule has 55 heavy (non-hydrogen) atoms. The van der Waals surface area contributed by atoms with Gasteiger partial charge in [-0.1, -0.05) is 118 Å². The van der Waals surface area contributed by atoms with Crippen LogP contribution >= 0.6 is 7.82 Å². The van der Waals surface area contributed by atoms with Crippen molar-refractivity contribution in [1.29, 1.82) is 0 Å². The van der Waals surface area contributed by atoms with Gasteiger partial charge in [0.05, 0.1) is 39.9 Å². The van der Waals surface area contributed by atoms with Gasteiger partial charge in [0.2, 0.25) is 5.91 Å². The summed E-state index contributed by atoms with van der Waals surface area (Å²) in [5.41, 5.74) is 0. The van der Waals surface area contributed by atoms with Crippen LogP contribution in [0.1, 0.15) is 136 Å². The first-order chi connectivity index (χ1) is 26.4. The largest absolute Gasteiger partial charge is 0.756 e. The Balaban J connectivity index is 4.68. The van der Waals surface area contributed by atoms with Gasteiger partial charge in [-0.2, -0.15) is 0 Å². The highest BCUT2D eigenvalue weighted by Gasteiger charge is 2.29. The molecule has 0 bridgehead atoms. The van der Waals surface area contributed by atoms with Crippen LogP contribution in [-0.4, -0.2) is 79.8 Å². The van der Waals surface area contributed by atoms with Gasteiger partial charge >= 0.3 is 0 Å². The number of unbranched alkanes of at least 4 members (excludes halogenated alkanes) is 8. The number of hydrogen-bond donors (Lipinski definition) is 3. The van der Waals surface area contributed by atoms with Crippen LogP contribution in [0.4, 0.5) is 0 Å². The SMILES string of the molecule is CC/C=C\C/C=C\C/C=C\C/C=C\C/C=C\CCCCCC(=O)NC(COP(=O)([O-])OCC[N+](C)(C)C)C(O)C(O)CCC/C=C/CC/C=C/CCCCC. The summed E-state index contributed by atoms with van der Waals surface area (Å²) >= 11 is 0. The number of hydrogen-bond acceptors (Lipinski definition) is 7. The highest BCUT2D eigenvalue weighted by atomic mass is 31.2. The lowest BCUT2D eigenvalue weighted by Gasteiger charge is -2.31. The van der Waals surface area contributed by atoms with E-state index in [9.17, 15) is 24.5 Å². The van der Waals surface area contributed by atoms with Crippen molar-refractivity contribution in [2.75, 3.05) is 40.9 Å². The van der Waals surface area contributed by atoms with Gasteiger partial charge < -0.3 is 34.0 Å². The highest BCUT2D eigenvalue weighted by Crippen LogP contribution is 2.38. The summed E-state index contributed by atoms with van der Waals surface area (Å²) in [5, 5.41) is 24.5. The number of carbonyl (C=O) groups is 1. The second kappa shape index (κ2) is 36.0. The molecular formula is C45H79N2O7P. The quantitative estimate of drug-likeness (QED) is 0.0250. The molecule has 316 valence electrons. The summed E-state index contributed by atoms with van der Waals surface area (Å²) in [6.45, 7) is 4.19. The van der Waals surface area contributed by atoms with Gasteiger partial charge in [0.15, 0.2) is 0 Å². The zero-order valence-corrected chi connectivity index (χ0v) is 36.1. The first-order valence-corrected chi connectivity index (χ1v) is 22.5. The number of carbonyl (C=O) groups excluding carboxylic acids is 1. The van der Waals surface area contributed by atoms with Crippen molar-refractivity contribution in [2.24, 2.45) is 0 Å². The molecule has 0 aromatic heterocycles. The van der Waals surface area contributed by atoms with Gasteiger partial charge in [-0.05, 0) is 96.3 Å². The predicted molar refractivity (Wildman–Crippen MR) is 229 cm³/mol. The molecule has 0 heterocycles. The van der Waals surface area contributed by atoms with Crippen molar-refractivity contribution in [2.45, 2.75) is 154 Å². The molecule has 9 nitrogen and oxygen atoms in total. The molecule has 0 aromatic carbocycles. The number of allylic oxidation sites excluding steroid dienone is 14. The third-order valence-corrected chi connectivity index (χ3v) is 9.65. The smallest absolute Gasteiger partial charge is 0.268 e. The summed E-state index contributed by atoms with van der Waals surface area (Å²) in [6, 6.07) is -1.12. The minimum atomic E-state index is -4.69. The molecule has 1 amide bonds. The minimum absolute atomic E-state index is 0.0606. The normalized spacial score (nSPS) is 15.9. The molecule has 3 N–H and O–H groups in total. The summed E-state index contributed by atoms with van der Waals surface area (Å²) in [4.78, 5) is 25.3. The van der Waals surface area contributed by atoms with E-state index in [1.54, 1.807) is 0 Å². The molecule has 0 saturated carbocycles. The summed E-state index contributed by atoms with van der Waals surface area (Å²) in [7, 11) is 1.05. The Morgan fingerprint density at radius 3 is 1.71 bits per heavy atom. The van der Waals surface area contributed by atoms with Crippen LogP contribution < -0.4 is 10.2 Å². The molecule has 0 rings (SSSR count). The number of nitrogens with one attached hydrogen (secondary N) is 1. The van der Waals surface area contributed by atoms with Crippen molar-refractivity contribution < 1.29 is 38.0 Å². The Kier molecular flexibility index (Phi) is 34.5. The lowest BCUT2D eigenvalue weighted by molar-refractivity contribution is -0.870. The van der Waals surface area contributed by atoms with Crippen LogP contribution in [0.2, 0.25) is 0 Å². The number of quaternary nitrogens is 1. The zero-order valence-electron chi connectivity index (χ0n) is 35.2. The maximum Gasteiger partial charge on any atom is 0.268 e. The number of phosphoric acid groups is 1. The molecule has 0 fully saturated rings. The molecule has 4 unspecified atom stereocenters. The number of aliphatic hydroxyl groups excluding tert-OH is 2. The summed E-state index contributed by atoms with van der Waals surface area (Å²) in [5.74, 6) is -0.330. The van der Waals surface area contributed by atoms with E-state index in [1.165, 1.54) is 19.3 Å². The van der Waals surface area contributed by atoms with E-state index in [0.717, 1.165) is 77.0 Å². The number of aliphatic hydroxyl groups is 2. The molecule has 0 saturated heterocycles. The van der Waals surface area contributed by atoms with E-state index < -0.39 is 32.7 Å². The van der Waals surface area contributed by atoms with Gasteiger partial charge in [0.25, 0.3) is 7.82 Å². The molecule has 4 atom stereocenters. The van der Waals surface area contributed by atoms with Crippen LogP contribution in [0, 0.1) is 0 Å². The van der Waals surface area contributed by atoms with Crippen LogP contribution in [0.15, 0.2) is 85.1 Å². The van der Waals surface area contributed by atoms with Crippen molar-refractivity contribution in [3.63, 3.8) is 0 Å². The molecule has 0 aliphatic rings. The standard InChI is InChI=1S/C45H79N2O7P/c1-6-8-10-12-14-16-18-20-21-22-23-24-25-26-28-30-32-34-36-38-44(49)46-42(41-54-55(51,52)53-40-39-47(3,4)5)45(50)43(48)37-35-33-31-29-27-19-17-15-13-11-9-7-2/h8,10,14-17,20-21,23-24,26,28-29,31,42-43,45,48,50H,6-7,9,11-13,18-19,22,25,27,30,32-41H2,1-5H3,(H-,46,49,51,52)/b10-8-,16-14-,17-15+,21-20-,24-23-,28-26-,31-29+. The maximum atomic E-state index is 12.9. The van der Waals surface area contributed by atoms with Gasteiger partial charge in [-0.15, -0.1) is 0 Å². The van der Waals surface area contributed by atoms with Crippen molar-refractivity contribution in [1.82, 2.24) is 5.32 Å². The van der Waals surface area contributed by atoms with Crippen LogP contribution in [0.25, 0.3) is 0 Å². The fourth-order valence-corrected chi connectivity index (χ4v) is 6.02. The van der Waals surface area contributed by atoms with Crippen molar-refractivity contribution in [3.8, 4) is 0 Å². The number of likely N-dealkylation sites (N-methyl/N-ethyl adjacent to an activating group) is 1. The van der Waals surface area contributed by atoms with Crippen LogP contribution in [0.3, 0.4) is 0 Å². The highest BCUT2D eigenvalue weighted by molar-refractivity contribution is 7.45. The lowest BCUT2D eigenvalue weighted by Crippen LogP contribution is -2.51. The van der Waals surface area contributed by atoms with Gasteiger partial charge in [-0.3, -0.25) is 9.36 Å². The fourth-order valence-electron chi connectivity index (χ4n) is 5.29. The molecule has 0 aliphatic carbocycles. The first-order valence-electron chi connectivity index (χ1n) is 21.0. The van der Waals surface area contributed by atoms with Crippen molar-refractivity contribution in [3.05, 3.63) is 85.1 Å². The number of amides is 1. The van der Waals surface area contributed by atoms with E-state index in [0.29, 0.717) is 30.3 Å². The van der Waals surface area contributed by atoms with Gasteiger partial charge in [0.1, 0.15) is 19.3 Å². The Morgan fingerprint density at radius 1 is 0.673 bits per heavy atom. The molecule has 0 spiro atoms. The monoisotopic (exact) mass is 791 g/mol. The van der Waals surface area contributed by atoms with E-state index in [-0.39, 0.29) is 18.9 Å². The zero-order chi connectivity index (χ0) is 40.9. The van der Waals surface area contributed by atoms with E-state index in [1.807, 2.05) is 21.1 Å². The first kappa shape index (κ1) is 52.6. The molecule has 0 aliphatic heterocycles. The van der Waals surface area contributed by atoms with Crippen molar-refractivity contribution >= 4 is 13.7 Å². The lowest BCUT2D eigenvalue weighted by atomic mass is 10.0. The van der Waals surface area contributed by atoms with Crippen LogP contribution in [-0.2, 0) is 18.4 Å². The fraction of sp³-hybridized carbons (Fsp3) is 0.667. The number of rotatable bonds is 36. The molecule has 0 aromatic rings. The molecular weight excluding hydrogens is 711 g/mol. The number of phosphoric ester groups is 1.